The molecule has 1 unspecified atom stereocenters. The van der Waals surface area contributed by atoms with Crippen LogP contribution in [0.5, 0.6) is 0 Å². The number of anilines is 1. The van der Waals surface area contributed by atoms with Crippen molar-refractivity contribution in [3.63, 3.8) is 0 Å². The van der Waals surface area contributed by atoms with Gasteiger partial charge in [-0.1, -0.05) is 19.8 Å². The lowest BCUT2D eigenvalue weighted by Gasteiger charge is -2.55. The van der Waals surface area contributed by atoms with E-state index in [0.29, 0.717) is 11.5 Å². The Labute approximate surface area is 171 Å². The lowest BCUT2D eigenvalue weighted by atomic mass is 9.49. The predicted molar refractivity (Wildman–Crippen MR) is 112 cm³/mol. The molecule has 4 saturated carbocycles. The van der Waals surface area contributed by atoms with Crippen LogP contribution in [0.4, 0.5) is 5.00 Å². The Kier molecular flexibility index (Phi) is 4.57. The normalized spacial score (nSPS) is 35.6. The lowest BCUT2D eigenvalue weighted by molar-refractivity contribution is -0.140. The summed E-state index contributed by atoms with van der Waals surface area (Å²) in [6.07, 6.45) is 12.6. The Bertz CT molecular complexity index is 776. The van der Waals surface area contributed by atoms with Crippen LogP contribution in [0.2, 0.25) is 0 Å². The first-order chi connectivity index (χ1) is 13.5. The molecule has 1 atom stereocenters. The summed E-state index contributed by atoms with van der Waals surface area (Å²) in [4.78, 5) is 27.0. The second kappa shape index (κ2) is 6.86. The number of nitrogens with one attached hydrogen (secondary N) is 1. The van der Waals surface area contributed by atoms with Crippen molar-refractivity contribution in [3.8, 4) is 0 Å². The molecule has 1 aromatic rings. The Balaban J connectivity index is 1.41. The van der Waals surface area contributed by atoms with Gasteiger partial charge in [-0.25, -0.2) is 0 Å². The standard InChI is InChI=1S/C23H32N2O2S/c1-2-3-13-4-5-17-18(9-13)28-21(19(17)20(24)26)25-22(27)23-10-14-6-15(11-23)8-16(7-14)12-23/h13-16H,2-12H2,1H3,(H2,24,26)(H,25,27). The lowest BCUT2D eigenvalue weighted by Crippen LogP contribution is -2.51. The van der Waals surface area contributed by atoms with Crippen LogP contribution in [-0.2, 0) is 17.6 Å². The molecule has 5 aliphatic carbocycles. The summed E-state index contributed by atoms with van der Waals surface area (Å²) in [5, 5.41) is 3.96. The van der Waals surface area contributed by atoms with Gasteiger partial charge in [-0.3, -0.25) is 9.59 Å². The van der Waals surface area contributed by atoms with E-state index in [1.165, 1.54) is 37.0 Å². The maximum absolute atomic E-state index is 13.5. The Morgan fingerprint density at radius 3 is 2.36 bits per heavy atom. The van der Waals surface area contributed by atoms with E-state index in [1.54, 1.807) is 11.3 Å². The third-order valence-electron chi connectivity index (χ3n) is 8.06. The molecule has 1 heterocycles. The van der Waals surface area contributed by atoms with E-state index >= 15 is 0 Å². The molecule has 28 heavy (non-hydrogen) atoms. The topological polar surface area (TPSA) is 72.2 Å². The average Bonchev–Trinajstić information content (AvgIpc) is 2.98. The molecule has 0 radical (unpaired) electrons. The third kappa shape index (κ3) is 3.01. The van der Waals surface area contributed by atoms with Gasteiger partial charge in [0.2, 0.25) is 5.91 Å². The minimum atomic E-state index is -0.382. The second-order valence-corrected chi connectivity index (χ2v) is 11.2. The van der Waals surface area contributed by atoms with E-state index in [1.807, 2.05) is 0 Å². The van der Waals surface area contributed by atoms with Gasteiger partial charge in [0.15, 0.2) is 0 Å². The molecule has 6 rings (SSSR count). The van der Waals surface area contributed by atoms with E-state index in [0.717, 1.165) is 66.8 Å². The first-order valence-corrected chi connectivity index (χ1v) is 12.0. The maximum atomic E-state index is 13.5. The zero-order valence-electron chi connectivity index (χ0n) is 16.9. The number of hydrogen-bond donors (Lipinski definition) is 2. The highest BCUT2D eigenvalue weighted by Crippen LogP contribution is 2.60. The molecule has 4 nitrogen and oxygen atoms in total. The van der Waals surface area contributed by atoms with Crippen LogP contribution in [0, 0.1) is 29.1 Å². The quantitative estimate of drug-likeness (QED) is 0.737. The molecular formula is C23H32N2O2S. The fraction of sp³-hybridized carbons (Fsp3) is 0.739. The number of thiophene rings is 1. The van der Waals surface area contributed by atoms with Crippen LogP contribution in [0.1, 0.15) is 85.5 Å². The van der Waals surface area contributed by atoms with Crippen molar-refractivity contribution in [2.24, 2.45) is 34.8 Å². The summed E-state index contributed by atoms with van der Waals surface area (Å²) in [5.74, 6) is 2.69. The molecule has 1 aromatic heterocycles. The Morgan fingerprint density at radius 2 is 1.79 bits per heavy atom. The first kappa shape index (κ1) is 18.7. The predicted octanol–water partition coefficient (Wildman–Crippen LogP) is 4.91. The van der Waals surface area contributed by atoms with Crippen LogP contribution in [-0.4, -0.2) is 11.8 Å². The number of nitrogens with two attached hydrogens (primary N) is 1. The molecule has 2 amide bonds. The van der Waals surface area contributed by atoms with Crippen molar-refractivity contribution in [2.45, 2.75) is 77.6 Å². The summed E-state index contributed by atoms with van der Waals surface area (Å²) in [7, 11) is 0. The van der Waals surface area contributed by atoms with Gasteiger partial charge < -0.3 is 11.1 Å². The zero-order valence-corrected chi connectivity index (χ0v) is 17.7. The molecule has 5 heteroatoms. The van der Waals surface area contributed by atoms with E-state index in [9.17, 15) is 9.59 Å². The highest BCUT2D eigenvalue weighted by molar-refractivity contribution is 7.17. The number of fused-ring (bicyclic) bond motifs is 1. The van der Waals surface area contributed by atoms with Gasteiger partial charge in [-0.2, -0.15) is 0 Å². The molecule has 0 aliphatic heterocycles. The molecule has 4 fully saturated rings. The van der Waals surface area contributed by atoms with E-state index < -0.39 is 0 Å². The van der Waals surface area contributed by atoms with Crippen molar-refractivity contribution in [1.29, 1.82) is 0 Å². The van der Waals surface area contributed by atoms with Crippen molar-refractivity contribution in [3.05, 3.63) is 16.0 Å². The minimum Gasteiger partial charge on any atom is -0.365 e. The fourth-order valence-electron chi connectivity index (χ4n) is 7.28. The number of amides is 2. The van der Waals surface area contributed by atoms with Crippen molar-refractivity contribution < 1.29 is 9.59 Å². The van der Waals surface area contributed by atoms with Gasteiger partial charge in [0.1, 0.15) is 5.00 Å². The van der Waals surface area contributed by atoms with E-state index in [-0.39, 0.29) is 17.2 Å². The van der Waals surface area contributed by atoms with Crippen LogP contribution >= 0.6 is 11.3 Å². The van der Waals surface area contributed by atoms with Gasteiger partial charge in [0.05, 0.1) is 11.0 Å². The number of rotatable bonds is 5. The SMILES string of the molecule is CCCC1CCc2c(sc(NC(=O)C34CC5CC(CC(C5)C3)C4)c2C(N)=O)C1. The molecular weight excluding hydrogens is 368 g/mol. The molecule has 3 N–H and O–H groups in total. The smallest absolute Gasteiger partial charge is 0.251 e. The highest BCUT2D eigenvalue weighted by Gasteiger charge is 2.54. The van der Waals surface area contributed by atoms with Gasteiger partial charge in [0, 0.05) is 4.88 Å². The Morgan fingerprint density at radius 1 is 1.14 bits per heavy atom. The highest BCUT2D eigenvalue weighted by atomic mass is 32.1. The molecule has 0 spiro atoms. The summed E-state index contributed by atoms with van der Waals surface area (Å²) >= 11 is 1.62. The minimum absolute atomic E-state index is 0.165. The van der Waals surface area contributed by atoms with E-state index in [2.05, 4.69) is 12.2 Å². The average molecular weight is 401 g/mol. The fourth-order valence-corrected chi connectivity index (χ4v) is 8.64. The molecule has 152 valence electrons. The van der Waals surface area contributed by atoms with Crippen molar-refractivity contribution in [2.75, 3.05) is 5.32 Å². The molecule has 4 bridgehead atoms. The van der Waals surface area contributed by atoms with Gasteiger partial charge in [-0.15, -0.1) is 11.3 Å². The van der Waals surface area contributed by atoms with Gasteiger partial charge >= 0.3 is 0 Å². The number of carbonyl (C=O) groups excluding carboxylic acids is 2. The maximum Gasteiger partial charge on any atom is 0.251 e. The number of hydrogen-bond acceptors (Lipinski definition) is 3. The van der Waals surface area contributed by atoms with Crippen molar-refractivity contribution >= 4 is 28.2 Å². The largest absolute Gasteiger partial charge is 0.365 e. The van der Waals surface area contributed by atoms with Crippen LogP contribution in [0.15, 0.2) is 0 Å². The monoisotopic (exact) mass is 400 g/mol. The molecule has 0 aromatic carbocycles. The van der Waals surface area contributed by atoms with Crippen LogP contribution in [0.25, 0.3) is 0 Å². The third-order valence-corrected chi connectivity index (χ3v) is 9.23. The van der Waals surface area contributed by atoms with Crippen LogP contribution in [0.3, 0.4) is 0 Å². The first-order valence-electron chi connectivity index (χ1n) is 11.2. The Hall–Kier alpha value is -1.36. The van der Waals surface area contributed by atoms with Crippen LogP contribution < -0.4 is 11.1 Å². The molecule has 5 aliphatic rings. The summed E-state index contributed by atoms with van der Waals surface area (Å²) < 4.78 is 0. The van der Waals surface area contributed by atoms with Gasteiger partial charge in [-0.05, 0) is 87.0 Å². The van der Waals surface area contributed by atoms with Crippen molar-refractivity contribution in [1.82, 2.24) is 0 Å². The zero-order chi connectivity index (χ0) is 19.5. The van der Waals surface area contributed by atoms with Gasteiger partial charge in [0.25, 0.3) is 5.91 Å². The summed E-state index contributed by atoms with van der Waals surface area (Å²) in [6, 6.07) is 0. The van der Waals surface area contributed by atoms with E-state index in [4.69, 9.17) is 5.73 Å². The second-order valence-electron chi connectivity index (χ2n) is 10.1. The summed E-state index contributed by atoms with van der Waals surface area (Å²) in [5.41, 5.74) is 7.30. The number of carbonyl (C=O) groups is 2. The number of primary amides is 1. The summed E-state index contributed by atoms with van der Waals surface area (Å²) in [6.45, 7) is 2.23. The molecule has 0 saturated heterocycles.